The number of para-hydroxylation sites is 1. The molecule has 0 radical (unpaired) electrons. The van der Waals surface area contributed by atoms with E-state index < -0.39 is 0 Å². The number of rotatable bonds is 1. The summed E-state index contributed by atoms with van der Waals surface area (Å²) in [7, 11) is 0. The highest BCUT2D eigenvalue weighted by Gasteiger charge is 2.07. The fourth-order valence-electron chi connectivity index (χ4n) is 1.88. The Kier molecular flexibility index (Phi) is 2.68. The number of hydrogen-bond acceptors (Lipinski definition) is 3. The van der Waals surface area contributed by atoms with Crippen LogP contribution in [0.15, 0.2) is 42.6 Å². The van der Waals surface area contributed by atoms with Gasteiger partial charge in [-0.05, 0) is 36.2 Å². The highest BCUT2D eigenvalue weighted by atomic mass is 35.5. The van der Waals surface area contributed by atoms with Gasteiger partial charge in [-0.1, -0.05) is 24.3 Å². The maximum Gasteiger partial charge on any atom is 0.222 e. The van der Waals surface area contributed by atoms with Gasteiger partial charge >= 0.3 is 0 Å². The van der Waals surface area contributed by atoms with Gasteiger partial charge in [-0.2, -0.15) is 0 Å². The van der Waals surface area contributed by atoms with Crippen LogP contribution in [0.4, 0.5) is 0 Å². The van der Waals surface area contributed by atoms with Crippen LogP contribution in [0, 0.1) is 6.92 Å². The summed E-state index contributed by atoms with van der Waals surface area (Å²) in [5.74, 6) is 0. The molecular formula is C14H10ClN3. The molecule has 4 heteroatoms. The van der Waals surface area contributed by atoms with Gasteiger partial charge in [0.25, 0.3) is 0 Å². The molecule has 88 valence electrons. The third kappa shape index (κ3) is 1.93. The molecule has 1 aromatic carbocycles. The molecule has 0 amide bonds. The van der Waals surface area contributed by atoms with E-state index in [9.17, 15) is 0 Å². The fraction of sp³-hybridized carbons (Fsp3) is 0.0714. The summed E-state index contributed by atoms with van der Waals surface area (Å²) in [6, 6.07) is 12.0. The molecule has 2 aromatic heterocycles. The molecule has 0 bridgehead atoms. The van der Waals surface area contributed by atoms with Gasteiger partial charge < -0.3 is 0 Å². The van der Waals surface area contributed by atoms with Gasteiger partial charge in [0.2, 0.25) is 5.28 Å². The van der Waals surface area contributed by atoms with Crippen LogP contribution in [0.25, 0.3) is 22.3 Å². The van der Waals surface area contributed by atoms with E-state index in [0.29, 0.717) is 0 Å². The minimum Gasteiger partial charge on any atom is -0.246 e. The quantitative estimate of drug-likeness (QED) is 0.623. The standard InChI is InChI=1S/C14H10ClN3/c1-9-8-16-14(15)18-13(9)12-7-6-10-4-2-3-5-11(10)17-12/h2-8H,1H3. The molecule has 3 aromatic rings. The second-order valence-corrected chi connectivity index (χ2v) is 4.40. The maximum atomic E-state index is 5.83. The normalized spacial score (nSPS) is 10.8. The molecule has 2 heterocycles. The number of benzene rings is 1. The van der Waals surface area contributed by atoms with Crippen molar-refractivity contribution >= 4 is 22.5 Å². The first-order valence-corrected chi connectivity index (χ1v) is 5.97. The molecule has 3 nitrogen and oxygen atoms in total. The highest BCUT2D eigenvalue weighted by molar-refractivity contribution is 6.28. The van der Waals surface area contributed by atoms with Crippen LogP contribution in [0.2, 0.25) is 5.28 Å². The summed E-state index contributed by atoms with van der Waals surface area (Å²) in [6.45, 7) is 1.95. The van der Waals surface area contributed by atoms with E-state index in [2.05, 4.69) is 15.0 Å². The van der Waals surface area contributed by atoms with Crippen molar-refractivity contribution in [2.24, 2.45) is 0 Å². The summed E-state index contributed by atoms with van der Waals surface area (Å²) < 4.78 is 0. The second-order valence-electron chi connectivity index (χ2n) is 4.06. The van der Waals surface area contributed by atoms with Gasteiger partial charge in [-0.3, -0.25) is 0 Å². The average molecular weight is 256 g/mol. The molecule has 0 spiro atoms. The van der Waals surface area contributed by atoms with Crippen LogP contribution in [0.5, 0.6) is 0 Å². The van der Waals surface area contributed by atoms with Crippen LogP contribution in [0.1, 0.15) is 5.56 Å². The van der Waals surface area contributed by atoms with Gasteiger partial charge in [0.15, 0.2) is 0 Å². The Labute approximate surface area is 109 Å². The Hall–Kier alpha value is -2.00. The molecule has 3 rings (SSSR count). The molecular weight excluding hydrogens is 246 g/mol. The zero-order chi connectivity index (χ0) is 12.5. The van der Waals surface area contributed by atoms with E-state index in [1.165, 1.54) is 0 Å². The number of pyridine rings is 1. The number of nitrogens with zero attached hydrogens (tertiary/aromatic N) is 3. The van der Waals surface area contributed by atoms with Crippen molar-refractivity contribution in [2.45, 2.75) is 6.92 Å². The molecule has 0 aliphatic carbocycles. The van der Waals surface area contributed by atoms with Gasteiger partial charge in [0.05, 0.1) is 16.9 Å². The highest BCUT2D eigenvalue weighted by Crippen LogP contribution is 2.22. The Morgan fingerprint density at radius 2 is 1.83 bits per heavy atom. The van der Waals surface area contributed by atoms with Crippen molar-refractivity contribution in [1.29, 1.82) is 0 Å². The predicted octanol–water partition coefficient (Wildman–Crippen LogP) is 3.65. The van der Waals surface area contributed by atoms with Gasteiger partial charge in [-0.25, -0.2) is 15.0 Å². The molecule has 0 atom stereocenters. The molecule has 18 heavy (non-hydrogen) atoms. The Morgan fingerprint density at radius 1 is 1.00 bits per heavy atom. The Balaban J connectivity index is 2.22. The SMILES string of the molecule is Cc1cnc(Cl)nc1-c1ccc2ccccc2n1. The lowest BCUT2D eigenvalue weighted by Gasteiger charge is -2.05. The lowest BCUT2D eigenvalue weighted by atomic mass is 10.1. The Bertz CT molecular complexity index is 725. The van der Waals surface area contributed by atoms with E-state index in [0.717, 1.165) is 27.9 Å². The lowest BCUT2D eigenvalue weighted by Crippen LogP contribution is -1.94. The molecule has 0 saturated carbocycles. The summed E-state index contributed by atoms with van der Waals surface area (Å²) in [5.41, 5.74) is 3.50. The number of aromatic nitrogens is 3. The van der Waals surface area contributed by atoms with Crippen molar-refractivity contribution in [3.8, 4) is 11.4 Å². The fourth-order valence-corrected chi connectivity index (χ4v) is 2.01. The number of hydrogen-bond donors (Lipinski definition) is 0. The van der Waals surface area contributed by atoms with Crippen molar-refractivity contribution < 1.29 is 0 Å². The monoisotopic (exact) mass is 255 g/mol. The number of fused-ring (bicyclic) bond motifs is 1. The summed E-state index contributed by atoms with van der Waals surface area (Å²) in [6.07, 6.45) is 1.71. The zero-order valence-electron chi connectivity index (χ0n) is 9.76. The molecule has 0 aliphatic rings. The van der Waals surface area contributed by atoms with E-state index >= 15 is 0 Å². The molecule has 0 fully saturated rings. The van der Waals surface area contributed by atoms with E-state index in [4.69, 9.17) is 11.6 Å². The van der Waals surface area contributed by atoms with Crippen molar-refractivity contribution in [2.75, 3.05) is 0 Å². The van der Waals surface area contributed by atoms with E-state index in [-0.39, 0.29) is 5.28 Å². The van der Waals surface area contributed by atoms with Crippen LogP contribution in [-0.4, -0.2) is 15.0 Å². The largest absolute Gasteiger partial charge is 0.246 e. The molecule has 0 unspecified atom stereocenters. The number of halogens is 1. The molecule has 0 saturated heterocycles. The van der Waals surface area contributed by atoms with Crippen LogP contribution < -0.4 is 0 Å². The van der Waals surface area contributed by atoms with Gasteiger partial charge in [0.1, 0.15) is 0 Å². The first kappa shape index (κ1) is 11.1. The lowest BCUT2D eigenvalue weighted by molar-refractivity contribution is 1.12. The predicted molar refractivity (Wildman–Crippen MR) is 72.5 cm³/mol. The first-order valence-electron chi connectivity index (χ1n) is 5.59. The van der Waals surface area contributed by atoms with E-state index in [1.807, 2.05) is 43.3 Å². The zero-order valence-corrected chi connectivity index (χ0v) is 10.5. The smallest absolute Gasteiger partial charge is 0.222 e. The van der Waals surface area contributed by atoms with Crippen molar-refractivity contribution in [3.05, 3.63) is 53.4 Å². The van der Waals surface area contributed by atoms with Crippen molar-refractivity contribution in [1.82, 2.24) is 15.0 Å². The van der Waals surface area contributed by atoms with Crippen LogP contribution in [0.3, 0.4) is 0 Å². The van der Waals surface area contributed by atoms with Crippen molar-refractivity contribution in [3.63, 3.8) is 0 Å². The maximum absolute atomic E-state index is 5.83. The summed E-state index contributed by atoms with van der Waals surface area (Å²) >= 11 is 5.83. The van der Waals surface area contributed by atoms with Gasteiger partial charge in [-0.15, -0.1) is 0 Å². The minimum absolute atomic E-state index is 0.241. The summed E-state index contributed by atoms with van der Waals surface area (Å²) in [5, 5.41) is 1.35. The first-order chi connectivity index (χ1) is 8.74. The summed E-state index contributed by atoms with van der Waals surface area (Å²) in [4.78, 5) is 12.8. The Morgan fingerprint density at radius 3 is 2.72 bits per heavy atom. The van der Waals surface area contributed by atoms with Crippen LogP contribution in [-0.2, 0) is 0 Å². The third-order valence-electron chi connectivity index (χ3n) is 2.78. The topological polar surface area (TPSA) is 38.7 Å². The second kappa shape index (κ2) is 4.35. The van der Waals surface area contributed by atoms with E-state index in [1.54, 1.807) is 6.20 Å². The average Bonchev–Trinajstić information content (AvgIpc) is 2.41. The third-order valence-corrected chi connectivity index (χ3v) is 2.97. The van der Waals surface area contributed by atoms with Gasteiger partial charge in [0, 0.05) is 11.6 Å². The molecule has 0 N–H and O–H groups in total. The number of aryl methyl sites for hydroxylation is 1. The van der Waals surface area contributed by atoms with Crippen LogP contribution >= 0.6 is 11.6 Å². The minimum atomic E-state index is 0.241. The molecule has 0 aliphatic heterocycles.